The zero-order chi connectivity index (χ0) is 25.2. The van der Waals surface area contributed by atoms with Gasteiger partial charge in [-0.1, -0.05) is 44.2 Å². The van der Waals surface area contributed by atoms with Crippen LogP contribution in [0.4, 0.5) is 0 Å². The Hall–Kier alpha value is -3.31. The average Bonchev–Trinajstić information content (AvgIpc) is 2.84. The molecular weight excluding hydrogens is 449 g/mol. The molecule has 0 unspecified atom stereocenters. The molecule has 1 aromatic heterocycles. The van der Waals surface area contributed by atoms with Crippen LogP contribution in [-0.4, -0.2) is 66.0 Å². The van der Waals surface area contributed by atoms with E-state index in [9.17, 15) is 14.4 Å². The molecule has 10 nitrogen and oxygen atoms in total. The lowest BCUT2D eigenvalue weighted by molar-refractivity contribution is -0.136. The Labute approximate surface area is 205 Å². The highest BCUT2D eigenvalue weighted by atomic mass is 16.6. The fraction of sp³-hybridized carbons (Fsp3) is 0.458. The maximum absolute atomic E-state index is 13.5. The summed E-state index contributed by atoms with van der Waals surface area (Å²) in [6, 6.07) is 8.44. The normalized spacial score (nSPS) is 18.1. The van der Waals surface area contributed by atoms with Gasteiger partial charge in [0.15, 0.2) is 0 Å². The third-order valence-electron chi connectivity index (χ3n) is 5.43. The predicted octanol–water partition coefficient (Wildman–Crippen LogP) is 0.928. The smallest absolute Gasteiger partial charge is 0.507 e. The number of benzene rings is 1. The number of nitrogens with one attached hydrogen (secondary N) is 3. The fourth-order valence-corrected chi connectivity index (χ4v) is 3.70. The van der Waals surface area contributed by atoms with Crippen molar-refractivity contribution in [3.8, 4) is 0 Å². The Morgan fingerprint density at radius 3 is 2.66 bits per heavy atom. The molecule has 11 heteroatoms. The zero-order valence-electron chi connectivity index (χ0n) is 20.3. The van der Waals surface area contributed by atoms with E-state index < -0.39 is 36.9 Å². The summed E-state index contributed by atoms with van der Waals surface area (Å²) < 4.78 is 11.4. The Morgan fingerprint density at radius 2 is 1.97 bits per heavy atom. The van der Waals surface area contributed by atoms with Crippen molar-refractivity contribution in [1.82, 2.24) is 25.9 Å². The molecule has 0 radical (unpaired) electrons. The number of hydrogen-bond donors (Lipinski definition) is 3. The van der Waals surface area contributed by atoms with Crippen molar-refractivity contribution in [3.63, 3.8) is 0 Å². The first-order valence-corrected chi connectivity index (χ1v) is 11.8. The Balaban J connectivity index is 1.79. The van der Waals surface area contributed by atoms with Gasteiger partial charge in [0, 0.05) is 31.5 Å². The highest BCUT2D eigenvalue weighted by Crippen LogP contribution is 2.13. The topological polar surface area (TPSA) is 132 Å². The van der Waals surface area contributed by atoms with Crippen molar-refractivity contribution >= 4 is 24.9 Å². The largest absolute Gasteiger partial charge is 0.551 e. The van der Waals surface area contributed by atoms with Crippen LogP contribution in [0.5, 0.6) is 0 Å². The molecule has 3 atom stereocenters. The van der Waals surface area contributed by atoms with E-state index in [0.29, 0.717) is 13.0 Å². The summed E-state index contributed by atoms with van der Waals surface area (Å²) in [5, 5.41) is 8.75. The van der Waals surface area contributed by atoms with Crippen LogP contribution in [0.15, 0.2) is 48.9 Å². The molecule has 1 fully saturated rings. The first-order chi connectivity index (χ1) is 16.8. The molecule has 1 aromatic carbocycles. The number of nitrogens with zero attached hydrogens (tertiary/aromatic N) is 2. The van der Waals surface area contributed by atoms with E-state index in [1.54, 1.807) is 0 Å². The molecule has 3 rings (SSSR count). The molecule has 2 aromatic rings. The average molecular weight is 481 g/mol. The van der Waals surface area contributed by atoms with Gasteiger partial charge in [-0.2, -0.15) is 0 Å². The molecule has 35 heavy (non-hydrogen) atoms. The van der Waals surface area contributed by atoms with Crippen LogP contribution < -0.4 is 16.0 Å². The van der Waals surface area contributed by atoms with E-state index in [-0.39, 0.29) is 30.6 Å². The number of aromatic nitrogens is 2. The number of amides is 2. The zero-order valence-corrected chi connectivity index (χ0v) is 20.3. The minimum absolute atomic E-state index is 0.0437. The molecule has 0 saturated carbocycles. The van der Waals surface area contributed by atoms with Crippen LogP contribution in [0.25, 0.3) is 0 Å². The van der Waals surface area contributed by atoms with Crippen LogP contribution in [0.1, 0.15) is 43.2 Å². The van der Waals surface area contributed by atoms with Crippen LogP contribution in [0.2, 0.25) is 0 Å². The molecule has 1 aliphatic rings. The lowest BCUT2D eigenvalue weighted by Crippen LogP contribution is -2.58. The van der Waals surface area contributed by atoms with E-state index in [1.165, 1.54) is 18.6 Å². The van der Waals surface area contributed by atoms with Gasteiger partial charge < -0.3 is 25.3 Å². The van der Waals surface area contributed by atoms with Crippen molar-refractivity contribution in [3.05, 3.63) is 60.2 Å². The van der Waals surface area contributed by atoms with Crippen molar-refractivity contribution in [2.75, 3.05) is 13.2 Å². The number of carbonyl (C=O) groups is 3. The van der Waals surface area contributed by atoms with Crippen LogP contribution in [0, 0.1) is 5.92 Å². The Bertz CT molecular complexity index is 979. The van der Waals surface area contributed by atoms with Gasteiger partial charge >= 0.3 is 13.1 Å². The lowest BCUT2D eigenvalue weighted by Gasteiger charge is -2.30. The molecule has 0 spiro atoms. The summed E-state index contributed by atoms with van der Waals surface area (Å²) in [4.78, 5) is 46.4. The van der Waals surface area contributed by atoms with Crippen molar-refractivity contribution in [1.29, 1.82) is 0 Å². The maximum atomic E-state index is 13.5. The monoisotopic (exact) mass is 481 g/mol. The van der Waals surface area contributed by atoms with Gasteiger partial charge in [-0.05, 0) is 24.8 Å². The number of rotatable bonds is 9. The van der Waals surface area contributed by atoms with Crippen molar-refractivity contribution in [2.24, 2.45) is 5.92 Å². The minimum Gasteiger partial charge on any atom is -0.507 e. The maximum Gasteiger partial charge on any atom is 0.551 e. The summed E-state index contributed by atoms with van der Waals surface area (Å²) in [5.74, 6) is -1.79. The van der Waals surface area contributed by atoms with Crippen LogP contribution in [0.3, 0.4) is 0 Å². The molecule has 2 heterocycles. The molecule has 186 valence electrons. The van der Waals surface area contributed by atoms with Gasteiger partial charge in [0.25, 0.3) is 5.91 Å². The van der Waals surface area contributed by atoms with E-state index in [0.717, 1.165) is 5.56 Å². The van der Waals surface area contributed by atoms with Gasteiger partial charge in [-0.15, -0.1) is 0 Å². The SMILES string of the molecule is CC(C)C[C@H](NC(=O)[C@H](Cc1ccccc1)NC(=O)c1cnccn1)B1OC[C@H](C)NCC(=O)O1. The van der Waals surface area contributed by atoms with Gasteiger partial charge in [0.05, 0.1) is 18.7 Å². The molecule has 0 bridgehead atoms. The highest BCUT2D eigenvalue weighted by Gasteiger charge is 2.38. The lowest BCUT2D eigenvalue weighted by atomic mass is 9.73. The number of carbonyl (C=O) groups excluding carboxylic acids is 3. The van der Waals surface area contributed by atoms with Crippen LogP contribution in [-0.2, 0) is 25.3 Å². The molecular formula is C24H32BN5O5. The van der Waals surface area contributed by atoms with Gasteiger partial charge in [0.2, 0.25) is 5.91 Å². The van der Waals surface area contributed by atoms with E-state index in [1.807, 2.05) is 51.1 Å². The summed E-state index contributed by atoms with van der Waals surface area (Å²) in [7, 11) is -0.938. The first-order valence-electron chi connectivity index (χ1n) is 11.8. The second kappa shape index (κ2) is 13.0. The molecule has 0 aliphatic carbocycles. The predicted molar refractivity (Wildman–Crippen MR) is 130 cm³/mol. The quantitative estimate of drug-likeness (QED) is 0.451. The van der Waals surface area contributed by atoms with Crippen LogP contribution >= 0.6 is 0 Å². The summed E-state index contributed by atoms with van der Waals surface area (Å²) >= 11 is 0. The summed E-state index contributed by atoms with van der Waals surface area (Å²) in [6.45, 7) is 6.30. The molecule has 1 aliphatic heterocycles. The molecule has 3 N–H and O–H groups in total. The van der Waals surface area contributed by atoms with Crippen molar-refractivity contribution < 1.29 is 23.7 Å². The molecule has 2 amide bonds. The highest BCUT2D eigenvalue weighted by molar-refractivity contribution is 6.49. The first kappa shape index (κ1) is 26.3. The Morgan fingerprint density at radius 1 is 1.20 bits per heavy atom. The van der Waals surface area contributed by atoms with E-state index in [2.05, 4.69) is 25.9 Å². The van der Waals surface area contributed by atoms with Crippen molar-refractivity contribution in [2.45, 2.75) is 51.6 Å². The third-order valence-corrected chi connectivity index (χ3v) is 5.43. The Kier molecular flexibility index (Phi) is 9.74. The fourth-order valence-electron chi connectivity index (χ4n) is 3.70. The summed E-state index contributed by atoms with van der Waals surface area (Å²) in [5.41, 5.74) is 0.983. The number of hydrogen-bond acceptors (Lipinski definition) is 8. The minimum atomic E-state index is -0.938. The van der Waals surface area contributed by atoms with Gasteiger partial charge in [0.1, 0.15) is 11.7 Å². The second-order valence-corrected chi connectivity index (χ2v) is 9.02. The standard InChI is InChI=1S/C24H32BN5O5/c1-16(2)11-21(25-34-15-17(3)28-14-22(31)35-25)30-23(32)19(12-18-7-5-4-6-8-18)29-24(33)20-13-26-9-10-27-20/h4-10,13,16-17,19,21,28H,11-12,14-15H2,1-3H3,(H,29,33)(H,30,32)/t17-,19-,21-/m0/s1. The van der Waals surface area contributed by atoms with E-state index >= 15 is 0 Å². The van der Waals surface area contributed by atoms with Gasteiger partial charge in [-0.3, -0.25) is 19.4 Å². The van der Waals surface area contributed by atoms with Gasteiger partial charge in [-0.25, -0.2) is 4.98 Å². The van der Waals surface area contributed by atoms with E-state index in [4.69, 9.17) is 9.31 Å². The third kappa shape index (κ3) is 8.45. The molecule has 1 saturated heterocycles. The summed E-state index contributed by atoms with van der Waals surface area (Å²) in [6.07, 6.45) is 5.00. The second-order valence-electron chi connectivity index (χ2n) is 9.02.